The Bertz CT molecular complexity index is 694. The highest BCUT2D eigenvalue weighted by Gasteiger charge is 2.18. The van der Waals surface area contributed by atoms with Crippen molar-refractivity contribution in [2.24, 2.45) is 0 Å². The number of rotatable bonds is 6. The Labute approximate surface area is 140 Å². The lowest BCUT2D eigenvalue weighted by Gasteiger charge is -2.19. The van der Waals surface area contributed by atoms with Gasteiger partial charge in [0.15, 0.2) is 11.6 Å². The average Bonchev–Trinajstić information content (AvgIpc) is 3.29. The lowest BCUT2D eigenvalue weighted by molar-refractivity contribution is -0.116. The van der Waals surface area contributed by atoms with Crippen LogP contribution in [0.5, 0.6) is 0 Å². The molecule has 0 spiro atoms. The Hall–Kier alpha value is -2.83. The van der Waals surface area contributed by atoms with Crippen LogP contribution in [0.3, 0.4) is 0 Å². The number of nitrogens with zero attached hydrogens (tertiary/aromatic N) is 2. The van der Waals surface area contributed by atoms with E-state index in [-0.39, 0.29) is 30.5 Å². The third-order valence-electron chi connectivity index (χ3n) is 3.85. The van der Waals surface area contributed by atoms with E-state index in [4.69, 9.17) is 4.42 Å². The molecular weight excluding hydrogens is 308 g/mol. The van der Waals surface area contributed by atoms with Crippen LogP contribution in [0.4, 0.5) is 11.5 Å². The highest BCUT2D eigenvalue weighted by Crippen LogP contribution is 2.26. The van der Waals surface area contributed by atoms with Crippen molar-refractivity contribution in [1.29, 1.82) is 0 Å². The van der Waals surface area contributed by atoms with Gasteiger partial charge < -0.3 is 20.0 Å². The SMILES string of the molecule is O=C(CCNC(=O)c1ccco1)Nc1cccnc1N1CCCC1. The summed E-state index contributed by atoms with van der Waals surface area (Å²) < 4.78 is 4.99. The molecule has 1 fully saturated rings. The smallest absolute Gasteiger partial charge is 0.286 e. The first-order valence-electron chi connectivity index (χ1n) is 8.05. The fraction of sp³-hybridized carbons (Fsp3) is 0.353. The van der Waals surface area contributed by atoms with Gasteiger partial charge in [0.25, 0.3) is 5.91 Å². The van der Waals surface area contributed by atoms with Gasteiger partial charge in [-0.2, -0.15) is 0 Å². The molecule has 3 heterocycles. The molecule has 24 heavy (non-hydrogen) atoms. The molecule has 0 aliphatic carbocycles. The summed E-state index contributed by atoms with van der Waals surface area (Å²) in [6.07, 6.45) is 5.63. The summed E-state index contributed by atoms with van der Waals surface area (Å²) in [5, 5.41) is 5.53. The predicted octanol–water partition coefficient (Wildman–Crippen LogP) is 2.03. The van der Waals surface area contributed by atoms with Gasteiger partial charge in [-0.15, -0.1) is 0 Å². The van der Waals surface area contributed by atoms with Gasteiger partial charge in [0.05, 0.1) is 12.0 Å². The van der Waals surface area contributed by atoms with Gasteiger partial charge in [-0.3, -0.25) is 9.59 Å². The standard InChI is InChI=1S/C17H20N4O3/c22-15(7-9-19-17(23)14-6-4-12-24-14)20-13-5-3-8-18-16(13)21-10-1-2-11-21/h3-6,8,12H,1-2,7,9-11H2,(H,19,23)(H,20,22). The first kappa shape index (κ1) is 16.0. The van der Waals surface area contributed by atoms with Crippen LogP contribution >= 0.6 is 0 Å². The molecule has 2 N–H and O–H groups in total. The van der Waals surface area contributed by atoms with Gasteiger partial charge in [0.1, 0.15) is 0 Å². The molecule has 2 amide bonds. The number of pyridine rings is 1. The van der Waals surface area contributed by atoms with E-state index in [1.54, 1.807) is 24.4 Å². The molecule has 0 aromatic carbocycles. The second kappa shape index (κ2) is 7.63. The number of carbonyl (C=O) groups is 2. The van der Waals surface area contributed by atoms with E-state index in [0.29, 0.717) is 5.69 Å². The van der Waals surface area contributed by atoms with Crippen molar-refractivity contribution in [3.8, 4) is 0 Å². The van der Waals surface area contributed by atoms with Crippen LogP contribution in [0.2, 0.25) is 0 Å². The van der Waals surface area contributed by atoms with Crippen molar-refractivity contribution in [2.45, 2.75) is 19.3 Å². The van der Waals surface area contributed by atoms with E-state index in [1.807, 2.05) is 6.07 Å². The summed E-state index contributed by atoms with van der Waals surface area (Å²) in [7, 11) is 0. The summed E-state index contributed by atoms with van der Waals surface area (Å²) in [4.78, 5) is 30.4. The summed E-state index contributed by atoms with van der Waals surface area (Å²) in [6.45, 7) is 2.16. The summed E-state index contributed by atoms with van der Waals surface area (Å²) in [5.41, 5.74) is 0.710. The summed E-state index contributed by atoms with van der Waals surface area (Å²) >= 11 is 0. The van der Waals surface area contributed by atoms with Gasteiger partial charge in [0.2, 0.25) is 5.91 Å². The maximum atomic E-state index is 12.1. The van der Waals surface area contributed by atoms with Crippen molar-refractivity contribution in [3.05, 3.63) is 42.5 Å². The number of nitrogens with one attached hydrogen (secondary N) is 2. The van der Waals surface area contributed by atoms with E-state index in [9.17, 15) is 9.59 Å². The van der Waals surface area contributed by atoms with Crippen LogP contribution in [0, 0.1) is 0 Å². The molecule has 0 unspecified atom stereocenters. The van der Waals surface area contributed by atoms with E-state index in [2.05, 4.69) is 20.5 Å². The number of hydrogen-bond donors (Lipinski definition) is 2. The summed E-state index contributed by atoms with van der Waals surface area (Å²) in [5.74, 6) is 0.553. The zero-order valence-electron chi connectivity index (χ0n) is 13.3. The first-order chi connectivity index (χ1) is 11.7. The highest BCUT2D eigenvalue weighted by atomic mass is 16.3. The van der Waals surface area contributed by atoms with Crippen LogP contribution < -0.4 is 15.5 Å². The number of amides is 2. The maximum absolute atomic E-state index is 12.1. The predicted molar refractivity (Wildman–Crippen MR) is 90.0 cm³/mol. The molecule has 2 aromatic rings. The van der Waals surface area contributed by atoms with Gasteiger partial charge in [-0.05, 0) is 37.1 Å². The molecule has 0 saturated carbocycles. The number of aromatic nitrogens is 1. The molecule has 1 saturated heterocycles. The second-order valence-corrected chi connectivity index (χ2v) is 5.60. The normalized spacial score (nSPS) is 13.8. The van der Waals surface area contributed by atoms with Gasteiger partial charge in [-0.25, -0.2) is 4.98 Å². The molecular formula is C17H20N4O3. The molecule has 0 atom stereocenters. The van der Waals surface area contributed by atoms with Crippen molar-refractivity contribution >= 4 is 23.3 Å². The Balaban J connectivity index is 1.51. The second-order valence-electron chi connectivity index (χ2n) is 5.60. The van der Waals surface area contributed by atoms with Gasteiger partial charge in [-0.1, -0.05) is 0 Å². The maximum Gasteiger partial charge on any atom is 0.286 e. The number of furan rings is 1. The number of carbonyl (C=O) groups excluding carboxylic acids is 2. The topological polar surface area (TPSA) is 87.5 Å². The largest absolute Gasteiger partial charge is 0.459 e. The van der Waals surface area contributed by atoms with E-state index >= 15 is 0 Å². The quantitative estimate of drug-likeness (QED) is 0.847. The number of anilines is 2. The Morgan fingerprint density at radius 1 is 1.21 bits per heavy atom. The van der Waals surface area contributed by atoms with Crippen LogP contribution in [0.25, 0.3) is 0 Å². The van der Waals surface area contributed by atoms with Crippen LogP contribution in [-0.4, -0.2) is 36.4 Å². The molecule has 126 valence electrons. The minimum absolute atomic E-state index is 0.164. The molecule has 1 aliphatic rings. The lowest BCUT2D eigenvalue weighted by Crippen LogP contribution is -2.28. The third kappa shape index (κ3) is 3.92. The monoisotopic (exact) mass is 328 g/mol. The molecule has 1 aliphatic heterocycles. The Kier molecular flexibility index (Phi) is 5.10. The molecule has 0 radical (unpaired) electrons. The van der Waals surface area contributed by atoms with Crippen LogP contribution in [0.15, 0.2) is 41.1 Å². The average molecular weight is 328 g/mol. The minimum atomic E-state index is -0.327. The lowest BCUT2D eigenvalue weighted by atomic mass is 10.3. The van der Waals surface area contributed by atoms with Crippen molar-refractivity contribution < 1.29 is 14.0 Å². The van der Waals surface area contributed by atoms with Crippen LogP contribution in [0.1, 0.15) is 29.8 Å². The zero-order chi connectivity index (χ0) is 16.8. The zero-order valence-corrected chi connectivity index (χ0v) is 13.3. The van der Waals surface area contributed by atoms with Gasteiger partial charge in [0, 0.05) is 32.3 Å². The fourth-order valence-electron chi connectivity index (χ4n) is 2.67. The Morgan fingerprint density at radius 2 is 2.04 bits per heavy atom. The van der Waals surface area contributed by atoms with Gasteiger partial charge >= 0.3 is 0 Å². The molecule has 7 nitrogen and oxygen atoms in total. The number of hydrogen-bond acceptors (Lipinski definition) is 5. The van der Waals surface area contributed by atoms with Crippen molar-refractivity contribution in [2.75, 3.05) is 29.9 Å². The summed E-state index contributed by atoms with van der Waals surface area (Å²) in [6, 6.07) is 6.87. The van der Waals surface area contributed by atoms with E-state index < -0.39 is 0 Å². The van der Waals surface area contributed by atoms with E-state index in [1.165, 1.54) is 6.26 Å². The highest BCUT2D eigenvalue weighted by molar-refractivity contribution is 5.95. The first-order valence-corrected chi connectivity index (χ1v) is 8.05. The molecule has 2 aromatic heterocycles. The third-order valence-corrected chi connectivity index (χ3v) is 3.85. The molecule has 7 heteroatoms. The van der Waals surface area contributed by atoms with Crippen molar-refractivity contribution in [1.82, 2.24) is 10.3 Å². The molecule has 0 bridgehead atoms. The minimum Gasteiger partial charge on any atom is -0.459 e. The fourth-order valence-corrected chi connectivity index (χ4v) is 2.67. The van der Waals surface area contributed by atoms with E-state index in [0.717, 1.165) is 31.7 Å². The Morgan fingerprint density at radius 3 is 2.79 bits per heavy atom. The molecule has 3 rings (SSSR count). The van der Waals surface area contributed by atoms with Crippen molar-refractivity contribution in [3.63, 3.8) is 0 Å². The van der Waals surface area contributed by atoms with Crippen LogP contribution in [-0.2, 0) is 4.79 Å².